The van der Waals surface area contributed by atoms with Crippen LogP contribution in [0.15, 0.2) is 18.2 Å². The van der Waals surface area contributed by atoms with Crippen molar-refractivity contribution < 1.29 is 18.4 Å². The molecule has 0 saturated carbocycles. The molecule has 1 aromatic carbocycles. The average Bonchev–Trinajstić information content (AvgIpc) is 3.04. The van der Waals surface area contributed by atoms with Crippen LogP contribution in [0.25, 0.3) is 11.4 Å². The summed E-state index contributed by atoms with van der Waals surface area (Å²) >= 11 is 0. The molecule has 7 nitrogen and oxygen atoms in total. The number of halogens is 2. The number of aromatic nitrogens is 2. The van der Waals surface area contributed by atoms with Gasteiger partial charge < -0.3 is 15.2 Å². The molecule has 1 aromatic heterocycles. The van der Waals surface area contributed by atoms with Crippen LogP contribution in [-0.2, 0) is 17.9 Å². The highest BCUT2D eigenvalue weighted by atomic mass is 19.1. The first-order chi connectivity index (χ1) is 14.0. The zero-order chi connectivity index (χ0) is 22.2. The molecule has 3 rings (SSSR count). The normalized spacial score (nSPS) is 15.4. The Kier molecular flexibility index (Phi) is 5.94. The number of carbonyl (C=O) groups excluding carboxylic acids is 2. The molecule has 9 heteroatoms. The molecule has 0 fully saturated rings. The van der Waals surface area contributed by atoms with Crippen LogP contribution < -0.4 is 10.6 Å². The molecule has 1 aliphatic rings. The van der Waals surface area contributed by atoms with Gasteiger partial charge in [-0.05, 0) is 30.7 Å². The second-order valence-corrected chi connectivity index (χ2v) is 8.63. The molecule has 0 aliphatic carbocycles. The Balaban J connectivity index is 2.07. The van der Waals surface area contributed by atoms with Crippen molar-refractivity contribution >= 4 is 11.8 Å². The van der Waals surface area contributed by atoms with Gasteiger partial charge >= 0.3 is 0 Å². The van der Waals surface area contributed by atoms with Gasteiger partial charge in [-0.2, -0.15) is 0 Å². The number of benzene rings is 1. The topological polar surface area (TPSA) is 79.3 Å². The van der Waals surface area contributed by atoms with Crippen LogP contribution in [0, 0.1) is 17.0 Å². The van der Waals surface area contributed by atoms with Crippen LogP contribution >= 0.6 is 0 Å². The third-order valence-electron chi connectivity index (χ3n) is 5.23. The number of hydrogen-bond donors (Lipinski definition) is 2. The van der Waals surface area contributed by atoms with Crippen LogP contribution in [0.2, 0.25) is 0 Å². The van der Waals surface area contributed by atoms with E-state index in [9.17, 15) is 18.4 Å². The van der Waals surface area contributed by atoms with Gasteiger partial charge in [0.2, 0.25) is 5.91 Å². The number of hydrogen-bond acceptors (Lipinski definition) is 4. The first-order valence-corrected chi connectivity index (χ1v) is 9.78. The lowest BCUT2D eigenvalue weighted by atomic mass is 9.86. The lowest BCUT2D eigenvalue weighted by Gasteiger charge is -2.30. The van der Waals surface area contributed by atoms with Crippen LogP contribution in [0.3, 0.4) is 0 Å². The third kappa shape index (κ3) is 4.21. The highest BCUT2D eigenvalue weighted by Crippen LogP contribution is 2.29. The summed E-state index contributed by atoms with van der Waals surface area (Å²) in [5.41, 5.74) is 0.172. The van der Waals surface area contributed by atoms with E-state index in [2.05, 4.69) is 15.6 Å². The molecular formula is C21H27F2N5O2. The van der Waals surface area contributed by atoms with Gasteiger partial charge in [0.15, 0.2) is 5.69 Å². The Hall–Kier alpha value is -2.81. The maximum Gasteiger partial charge on any atom is 0.272 e. The zero-order valence-corrected chi connectivity index (χ0v) is 17.8. The summed E-state index contributed by atoms with van der Waals surface area (Å²) in [6.45, 7) is 7.12. The van der Waals surface area contributed by atoms with Crippen molar-refractivity contribution in [1.29, 1.82) is 0 Å². The molecule has 1 atom stereocenters. The van der Waals surface area contributed by atoms with E-state index in [1.54, 1.807) is 4.57 Å². The van der Waals surface area contributed by atoms with E-state index in [1.807, 2.05) is 32.7 Å². The predicted octanol–water partition coefficient (Wildman–Crippen LogP) is 2.16. The largest absolute Gasteiger partial charge is 0.357 e. The maximum absolute atomic E-state index is 14.4. The molecule has 0 radical (unpaired) electrons. The molecule has 2 heterocycles. The van der Waals surface area contributed by atoms with Crippen molar-refractivity contribution in [3.8, 4) is 11.4 Å². The summed E-state index contributed by atoms with van der Waals surface area (Å²) in [4.78, 5) is 31.9. The standard InChI is InChI=1S/C21H27F2N5O2/c1-21(2,3)17(20(30)24-4)26-19(29)16-15-11-27(5)8-9-28(15)18(25-16)13-10-12(22)6-7-14(13)23/h6-7,10,17H,8-9,11H2,1-5H3,(H,24,30)(H,26,29). The quantitative estimate of drug-likeness (QED) is 0.796. The predicted molar refractivity (Wildman–Crippen MR) is 109 cm³/mol. The van der Waals surface area contributed by atoms with E-state index in [0.29, 0.717) is 25.3 Å². The van der Waals surface area contributed by atoms with Crippen molar-refractivity contribution in [2.24, 2.45) is 5.41 Å². The number of nitrogens with zero attached hydrogens (tertiary/aromatic N) is 3. The lowest BCUT2D eigenvalue weighted by Crippen LogP contribution is -2.53. The van der Waals surface area contributed by atoms with Crippen molar-refractivity contribution in [3.63, 3.8) is 0 Å². The van der Waals surface area contributed by atoms with E-state index < -0.39 is 29.0 Å². The minimum atomic E-state index is -0.789. The molecule has 1 unspecified atom stereocenters. The van der Waals surface area contributed by atoms with E-state index >= 15 is 0 Å². The number of carbonyl (C=O) groups is 2. The van der Waals surface area contributed by atoms with E-state index in [0.717, 1.165) is 18.2 Å². The summed E-state index contributed by atoms with van der Waals surface area (Å²) in [7, 11) is 3.41. The molecule has 2 aromatic rings. The summed E-state index contributed by atoms with van der Waals surface area (Å²) in [6.07, 6.45) is 0. The molecule has 0 saturated heterocycles. The summed E-state index contributed by atoms with van der Waals surface area (Å²) < 4.78 is 30.0. The fraction of sp³-hybridized carbons (Fsp3) is 0.476. The van der Waals surface area contributed by atoms with Gasteiger partial charge in [-0.25, -0.2) is 13.8 Å². The molecule has 1 aliphatic heterocycles. The van der Waals surface area contributed by atoms with Gasteiger partial charge in [0, 0.05) is 26.7 Å². The minimum Gasteiger partial charge on any atom is -0.357 e. The second-order valence-electron chi connectivity index (χ2n) is 8.63. The second kappa shape index (κ2) is 8.14. The number of amides is 2. The summed E-state index contributed by atoms with van der Waals surface area (Å²) in [5.74, 6) is -1.85. The van der Waals surface area contributed by atoms with Gasteiger partial charge in [0.1, 0.15) is 23.5 Å². The Morgan fingerprint density at radius 1 is 1.20 bits per heavy atom. The number of fused-ring (bicyclic) bond motifs is 1. The third-order valence-corrected chi connectivity index (χ3v) is 5.23. The number of imidazole rings is 1. The number of nitrogens with one attached hydrogen (secondary N) is 2. The smallest absolute Gasteiger partial charge is 0.272 e. The Labute approximate surface area is 174 Å². The van der Waals surface area contributed by atoms with Gasteiger partial charge in [-0.15, -0.1) is 0 Å². The first kappa shape index (κ1) is 21.9. The monoisotopic (exact) mass is 419 g/mol. The Morgan fingerprint density at radius 3 is 2.53 bits per heavy atom. The molecule has 30 heavy (non-hydrogen) atoms. The molecule has 0 spiro atoms. The van der Waals surface area contributed by atoms with E-state index in [4.69, 9.17) is 0 Å². The van der Waals surface area contributed by atoms with Crippen molar-refractivity contribution in [1.82, 2.24) is 25.1 Å². The van der Waals surface area contributed by atoms with Gasteiger partial charge in [0.05, 0.1) is 11.3 Å². The minimum absolute atomic E-state index is 0.00137. The molecule has 2 amide bonds. The maximum atomic E-state index is 14.4. The Morgan fingerprint density at radius 2 is 1.90 bits per heavy atom. The number of rotatable bonds is 4. The fourth-order valence-corrected chi connectivity index (χ4v) is 3.57. The van der Waals surface area contributed by atoms with Crippen molar-refractivity contribution in [3.05, 3.63) is 41.2 Å². The highest BCUT2D eigenvalue weighted by molar-refractivity contribution is 5.97. The summed E-state index contributed by atoms with van der Waals surface area (Å²) in [5, 5.41) is 5.33. The van der Waals surface area contributed by atoms with Gasteiger partial charge in [-0.3, -0.25) is 14.5 Å². The molecule has 2 N–H and O–H groups in total. The average molecular weight is 419 g/mol. The summed E-state index contributed by atoms with van der Waals surface area (Å²) in [6, 6.07) is 2.37. The van der Waals surface area contributed by atoms with Crippen molar-refractivity contribution in [2.75, 3.05) is 20.6 Å². The van der Waals surface area contributed by atoms with E-state index in [1.165, 1.54) is 7.05 Å². The molecular weight excluding hydrogens is 392 g/mol. The SMILES string of the molecule is CNC(=O)C(NC(=O)c1nc(-c2cc(F)ccc2F)n2c1CN(C)CC2)C(C)(C)C. The van der Waals surface area contributed by atoms with E-state index in [-0.39, 0.29) is 23.0 Å². The zero-order valence-electron chi connectivity index (χ0n) is 17.8. The fourth-order valence-electron chi connectivity index (χ4n) is 3.57. The lowest BCUT2D eigenvalue weighted by molar-refractivity contribution is -0.124. The van der Waals surface area contributed by atoms with Crippen LogP contribution in [0.1, 0.15) is 37.0 Å². The van der Waals surface area contributed by atoms with Crippen LogP contribution in [-0.4, -0.2) is 52.9 Å². The van der Waals surface area contributed by atoms with Crippen LogP contribution in [0.4, 0.5) is 8.78 Å². The highest BCUT2D eigenvalue weighted by Gasteiger charge is 2.35. The van der Waals surface area contributed by atoms with Gasteiger partial charge in [-0.1, -0.05) is 20.8 Å². The first-order valence-electron chi connectivity index (χ1n) is 9.78. The molecule has 162 valence electrons. The molecule has 0 bridgehead atoms. The number of likely N-dealkylation sites (N-methyl/N-ethyl adjacent to an activating group) is 2. The Bertz CT molecular complexity index is 981. The van der Waals surface area contributed by atoms with Crippen molar-refractivity contribution in [2.45, 2.75) is 39.9 Å². The van der Waals surface area contributed by atoms with Crippen LogP contribution in [0.5, 0.6) is 0 Å². The van der Waals surface area contributed by atoms with Gasteiger partial charge in [0.25, 0.3) is 5.91 Å².